The summed E-state index contributed by atoms with van der Waals surface area (Å²) in [5.74, 6) is 0.263. The average Bonchev–Trinajstić information content (AvgIpc) is 2.73. The molecule has 0 atom stereocenters. The first-order valence-corrected chi connectivity index (χ1v) is 6.80. The summed E-state index contributed by atoms with van der Waals surface area (Å²) >= 11 is 0. The third-order valence-corrected chi connectivity index (χ3v) is 3.72. The van der Waals surface area contributed by atoms with E-state index in [1.165, 1.54) is 18.5 Å². The Morgan fingerprint density at radius 2 is 2.18 bits per heavy atom. The Bertz CT molecular complexity index is 616. The summed E-state index contributed by atoms with van der Waals surface area (Å²) in [5.41, 5.74) is 1.12. The van der Waals surface area contributed by atoms with Gasteiger partial charge >= 0.3 is 0 Å². The van der Waals surface area contributed by atoms with Crippen LogP contribution in [0.4, 0.5) is 0 Å². The van der Waals surface area contributed by atoms with Crippen molar-refractivity contribution in [1.29, 1.82) is 0 Å². The van der Waals surface area contributed by atoms with Gasteiger partial charge in [0.05, 0.1) is 4.90 Å². The van der Waals surface area contributed by atoms with E-state index in [2.05, 4.69) is 9.71 Å². The summed E-state index contributed by atoms with van der Waals surface area (Å²) in [6.07, 6.45) is 1.29. The fraction of sp³-hybridized carbons (Fsp3) is 0.364. The molecule has 0 saturated carbocycles. The molecule has 0 aliphatic carbocycles. The number of rotatable bonds is 4. The minimum Gasteiger partial charge on any atom is -0.443 e. The van der Waals surface area contributed by atoms with Crippen LogP contribution in [-0.2, 0) is 10.0 Å². The van der Waals surface area contributed by atoms with E-state index in [9.17, 15) is 8.42 Å². The number of aromatic nitrogens is 1. The molecule has 0 aliphatic rings. The van der Waals surface area contributed by atoms with Crippen molar-refractivity contribution in [2.75, 3.05) is 6.54 Å². The van der Waals surface area contributed by atoms with Crippen LogP contribution in [0.3, 0.4) is 0 Å². The van der Waals surface area contributed by atoms with E-state index in [0.717, 1.165) is 0 Å². The largest absolute Gasteiger partial charge is 0.443 e. The predicted octanol–water partition coefficient (Wildman–Crippen LogP) is 1.76. The molecule has 1 N–H and O–H groups in total. The molecule has 0 spiro atoms. The molecule has 0 amide bonds. The zero-order valence-electron chi connectivity index (χ0n) is 9.67. The number of nitrogens with zero attached hydrogens (tertiary/aromatic N) is 1. The minimum absolute atomic E-state index is 0.197. The minimum atomic E-state index is -3.46. The van der Waals surface area contributed by atoms with Crippen molar-refractivity contribution >= 4 is 21.1 Å². The van der Waals surface area contributed by atoms with Crippen LogP contribution < -0.4 is 4.72 Å². The molecule has 92 valence electrons. The van der Waals surface area contributed by atoms with Crippen LogP contribution in [0.15, 0.2) is 33.9 Å². The number of benzene rings is 1. The van der Waals surface area contributed by atoms with Gasteiger partial charge in [-0.2, -0.15) is 0 Å². The molecule has 1 aromatic heterocycles. The van der Waals surface area contributed by atoms with E-state index in [1.54, 1.807) is 6.07 Å². The van der Waals surface area contributed by atoms with Gasteiger partial charge in [0.2, 0.25) is 10.0 Å². The molecule has 1 heterocycles. The van der Waals surface area contributed by atoms with Gasteiger partial charge in [-0.15, -0.1) is 0 Å². The van der Waals surface area contributed by atoms with Crippen molar-refractivity contribution in [3.05, 3.63) is 24.6 Å². The highest BCUT2D eigenvalue weighted by atomic mass is 32.2. The Labute approximate surface area is 99.9 Å². The van der Waals surface area contributed by atoms with E-state index in [1.807, 2.05) is 13.8 Å². The Hall–Kier alpha value is -1.40. The molecular formula is C11H14N2O3S. The van der Waals surface area contributed by atoms with Crippen molar-refractivity contribution in [1.82, 2.24) is 9.71 Å². The maximum atomic E-state index is 11.9. The van der Waals surface area contributed by atoms with Gasteiger partial charge in [0, 0.05) is 12.6 Å². The number of hydrogen-bond acceptors (Lipinski definition) is 4. The van der Waals surface area contributed by atoms with Gasteiger partial charge < -0.3 is 4.42 Å². The van der Waals surface area contributed by atoms with E-state index >= 15 is 0 Å². The average molecular weight is 254 g/mol. The van der Waals surface area contributed by atoms with Crippen LogP contribution in [-0.4, -0.2) is 19.9 Å². The molecule has 0 radical (unpaired) electrons. The summed E-state index contributed by atoms with van der Waals surface area (Å²) in [7, 11) is -3.46. The highest BCUT2D eigenvalue weighted by molar-refractivity contribution is 7.89. The maximum Gasteiger partial charge on any atom is 0.240 e. The lowest BCUT2D eigenvalue weighted by Crippen LogP contribution is -2.27. The van der Waals surface area contributed by atoms with Crippen LogP contribution in [0.1, 0.15) is 13.8 Å². The maximum absolute atomic E-state index is 11.9. The van der Waals surface area contributed by atoms with Gasteiger partial charge in [-0.25, -0.2) is 18.1 Å². The summed E-state index contributed by atoms with van der Waals surface area (Å²) in [4.78, 5) is 4.13. The molecule has 0 aliphatic heterocycles. The van der Waals surface area contributed by atoms with Gasteiger partial charge in [0.15, 0.2) is 12.0 Å². The Kier molecular flexibility index (Phi) is 3.17. The van der Waals surface area contributed by atoms with Crippen molar-refractivity contribution in [2.24, 2.45) is 5.92 Å². The van der Waals surface area contributed by atoms with Crippen LogP contribution >= 0.6 is 0 Å². The van der Waals surface area contributed by atoms with Crippen molar-refractivity contribution in [3.63, 3.8) is 0 Å². The summed E-state index contributed by atoms with van der Waals surface area (Å²) in [5, 5.41) is 0. The van der Waals surface area contributed by atoms with E-state index in [4.69, 9.17) is 4.42 Å². The summed E-state index contributed by atoms with van der Waals surface area (Å²) in [6, 6.07) is 4.63. The summed E-state index contributed by atoms with van der Waals surface area (Å²) < 4.78 is 31.5. The molecule has 0 bridgehead atoms. The zero-order chi connectivity index (χ0) is 12.5. The van der Waals surface area contributed by atoms with Gasteiger partial charge in [0.25, 0.3) is 0 Å². The molecule has 6 heteroatoms. The standard InChI is InChI=1S/C11H14N2O3S/c1-8(2)6-13-17(14,15)9-3-4-10-11(5-9)16-7-12-10/h3-5,7-8,13H,6H2,1-2H3. The van der Waals surface area contributed by atoms with Crippen LogP contribution in [0.25, 0.3) is 11.1 Å². The molecule has 0 fully saturated rings. The van der Waals surface area contributed by atoms with Crippen molar-refractivity contribution in [3.8, 4) is 0 Å². The van der Waals surface area contributed by atoms with Gasteiger partial charge in [0.1, 0.15) is 5.52 Å². The smallest absolute Gasteiger partial charge is 0.240 e. The van der Waals surface area contributed by atoms with E-state index in [0.29, 0.717) is 17.6 Å². The lowest BCUT2D eigenvalue weighted by atomic mass is 10.2. The lowest BCUT2D eigenvalue weighted by molar-refractivity contribution is 0.559. The van der Waals surface area contributed by atoms with Gasteiger partial charge in [-0.3, -0.25) is 0 Å². The van der Waals surface area contributed by atoms with Crippen LogP contribution in [0.5, 0.6) is 0 Å². The SMILES string of the molecule is CC(C)CNS(=O)(=O)c1ccc2ncoc2c1. The molecule has 0 unspecified atom stereocenters. The number of oxazole rings is 1. The fourth-order valence-electron chi connectivity index (χ4n) is 1.36. The molecular weight excluding hydrogens is 240 g/mol. The fourth-order valence-corrected chi connectivity index (χ4v) is 2.59. The molecule has 2 rings (SSSR count). The Morgan fingerprint density at radius 3 is 2.88 bits per heavy atom. The third kappa shape index (κ3) is 2.65. The molecule has 17 heavy (non-hydrogen) atoms. The van der Waals surface area contributed by atoms with Crippen LogP contribution in [0, 0.1) is 5.92 Å². The topological polar surface area (TPSA) is 72.2 Å². The normalized spacial score (nSPS) is 12.4. The molecule has 0 saturated heterocycles. The number of fused-ring (bicyclic) bond motifs is 1. The van der Waals surface area contributed by atoms with Gasteiger partial charge in [-0.05, 0) is 18.1 Å². The summed E-state index contributed by atoms with van der Waals surface area (Å²) in [6.45, 7) is 4.31. The number of sulfonamides is 1. The molecule has 2 aromatic rings. The lowest BCUT2D eigenvalue weighted by Gasteiger charge is -2.08. The number of nitrogens with one attached hydrogen (secondary N) is 1. The second-order valence-electron chi connectivity index (χ2n) is 4.23. The second-order valence-corrected chi connectivity index (χ2v) is 5.99. The monoisotopic (exact) mass is 254 g/mol. The van der Waals surface area contributed by atoms with Gasteiger partial charge in [-0.1, -0.05) is 13.8 Å². The van der Waals surface area contributed by atoms with E-state index < -0.39 is 10.0 Å². The first kappa shape index (κ1) is 12.1. The second kappa shape index (κ2) is 4.46. The molecule has 5 nitrogen and oxygen atoms in total. The highest BCUT2D eigenvalue weighted by Crippen LogP contribution is 2.17. The quantitative estimate of drug-likeness (QED) is 0.902. The first-order chi connectivity index (χ1) is 7.99. The zero-order valence-corrected chi connectivity index (χ0v) is 10.5. The first-order valence-electron chi connectivity index (χ1n) is 5.32. The Balaban J connectivity index is 2.31. The van der Waals surface area contributed by atoms with Crippen LogP contribution in [0.2, 0.25) is 0 Å². The number of hydrogen-bond donors (Lipinski definition) is 1. The third-order valence-electron chi connectivity index (χ3n) is 2.29. The Morgan fingerprint density at radius 1 is 1.41 bits per heavy atom. The predicted molar refractivity (Wildman–Crippen MR) is 64.0 cm³/mol. The highest BCUT2D eigenvalue weighted by Gasteiger charge is 2.15. The molecule has 1 aromatic carbocycles. The van der Waals surface area contributed by atoms with Crippen molar-refractivity contribution in [2.45, 2.75) is 18.7 Å². The van der Waals surface area contributed by atoms with Crippen molar-refractivity contribution < 1.29 is 12.8 Å². The van der Waals surface area contributed by atoms with E-state index in [-0.39, 0.29) is 10.8 Å².